The second kappa shape index (κ2) is 10.2. The van der Waals surface area contributed by atoms with Crippen molar-refractivity contribution in [3.05, 3.63) is 100 Å². The van der Waals surface area contributed by atoms with Crippen LogP contribution < -0.4 is 9.47 Å². The third kappa shape index (κ3) is 4.81. The molecule has 5 nitrogen and oxygen atoms in total. The Bertz CT molecular complexity index is 1650. The van der Waals surface area contributed by atoms with E-state index < -0.39 is 0 Å². The van der Waals surface area contributed by atoms with E-state index in [0.717, 1.165) is 26.4 Å². The van der Waals surface area contributed by atoms with E-state index in [4.69, 9.17) is 9.47 Å². The van der Waals surface area contributed by atoms with Crippen LogP contribution >= 0.6 is 15.9 Å². The van der Waals surface area contributed by atoms with Gasteiger partial charge in [-0.2, -0.15) is 5.26 Å². The highest BCUT2D eigenvalue weighted by Gasteiger charge is 2.14. The molecule has 0 atom stereocenters. The molecule has 0 fully saturated rings. The van der Waals surface area contributed by atoms with Crippen LogP contribution in [0.4, 0.5) is 4.39 Å². The van der Waals surface area contributed by atoms with Crippen molar-refractivity contribution in [2.75, 3.05) is 6.61 Å². The van der Waals surface area contributed by atoms with Crippen molar-refractivity contribution >= 4 is 49.4 Å². The molecular weight excluding hydrogens is 521 g/mol. The molecule has 1 aromatic heterocycles. The summed E-state index contributed by atoms with van der Waals surface area (Å²) in [4.78, 5) is 7.45. The van der Waals surface area contributed by atoms with E-state index >= 15 is 0 Å². The predicted molar refractivity (Wildman–Crippen MR) is 143 cm³/mol. The molecule has 5 rings (SSSR count). The normalized spacial score (nSPS) is 11.6. The highest BCUT2D eigenvalue weighted by molar-refractivity contribution is 9.10. The van der Waals surface area contributed by atoms with Gasteiger partial charge in [0.15, 0.2) is 11.5 Å². The molecule has 4 aromatic carbocycles. The summed E-state index contributed by atoms with van der Waals surface area (Å²) in [7, 11) is 0. The third-order valence-corrected chi connectivity index (χ3v) is 6.43. The van der Waals surface area contributed by atoms with Gasteiger partial charge >= 0.3 is 0 Å². The molecule has 0 aliphatic rings. The van der Waals surface area contributed by atoms with Gasteiger partial charge in [0.05, 0.1) is 23.2 Å². The van der Waals surface area contributed by atoms with Gasteiger partial charge in [0.2, 0.25) is 0 Å². The van der Waals surface area contributed by atoms with Gasteiger partial charge in [0.1, 0.15) is 24.3 Å². The van der Waals surface area contributed by atoms with E-state index in [-0.39, 0.29) is 5.82 Å². The van der Waals surface area contributed by atoms with Crippen LogP contribution in [0.2, 0.25) is 0 Å². The first-order chi connectivity index (χ1) is 17.6. The second-order valence-corrected chi connectivity index (χ2v) is 8.95. The Morgan fingerprint density at radius 3 is 2.69 bits per heavy atom. The number of nitrogens with zero attached hydrogens (tertiary/aromatic N) is 2. The lowest BCUT2D eigenvalue weighted by Gasteiger charge is -2.15. The molecule has 0 aliphatic heterocycles. The highest BCUT2D eigenvalue weighted by Crippen LogP contribution is 2.36. The molecule has 0 unspecified atom stereocenters. The molecule has 0 aliphatic carbocycles. The number of rotatable bonds is 7. The van der Waals surface area contributed by atoms with E-state index in [9.17, 15) is 9.65 Å². The van der Waals surface area contributed by atoms with Gasteiger partial charge in [-0.3, -0.25) is 0 Å². The molecule has 0 amide bonds. The summed E-state index contributed by atoms with van der Waals surface area (Å²) in [6.07, 6.45) is 1.70. The fourth-order valence-electron chi connectivity index (χ4n) is 4.03. The molecular formula is C29H21BrFN3O2. The van der Waals surface area contributed by atoms with Gasteiger partial charge in [-0.25, -0.2) is 9.37 Å². The van der Waals surface area contributed by atoms with Crippen LogP contribution in [0.3, 0.4) is 0 Å². The zero-order chi connectivity index (χ0) is 25.1. The molecule has 1 N–H and O–H groups in total. The lowest BCUT2D eigenvalue weighted by Crippen LogP contribution is -2.01. The Morgan fingerprint density at radius 1 is 1.06 bits per heavy atom. The fourth-order valence-corrected chi connectivity index (χ4v) is 4.47. The van der Waals surface area contributed by atoms with Crippen molar-refractivity contribution in [3.63, 3.8) is 0 Å². The van der Waals surface area contributed by atoms with Gasteiger partial charge in [0, 0.05) is 4.47 Å². The molecule has 0 bridgehead atoms. The van der Waals surface area contributed by atoms with Gasteiger partial charge in [-0.05, 0) is 65.2 Å². The number of nitrogens with one attached hydrogen (secondary N) is 1. The van der Waals surface area contributed by atoms with Crippen LogP contribution in [-0.2, 0) is 6.61 Å². The van der Waals surface area contributed by atoms with Crippen LogP contribution in [0.25, 0.3) is 33.5 Å². The smallest absolute Gasteiger partial charge is 0.162 e. The van der Waals surface area contributed by atoms with Crippen molar-refractivity contribution in [3.8, 4) is 17.6 Å². The number of hydrogen-bond donors (Lipinski definition) is 1. The largest absolute Gasteiger partial charge is 0.490 e. The molecule has 1 heterocycles. The number of allylic oxidation sites excluding steroid dienone is 1. The van der Waals surface area contributed by atoms with Gasteiger partial charge < -0.3 is 14.5 Å². The first kappa shape index (κ1) is 23.6. The number of ether oxygens (including phenoxy) is 2. The van der Waals surface area contributed by atoms with Crippen molar-refractivity contribution in [2.24, 2.45) is 0 Å². The molecule has 178 valence electrons. The Hall–Kier alpha value is -4.15. The number of H-pyrrole nitrogens is 1. The van der Waals surface area contributed by atoms with E-state index in [1.807, 2.05) is 43.3 Å². The molecule has 36 heavy (non-hydrogen) atoms. The molecule has 0 radical (unpaired) electrons. The van der Waals surface area contributed by atoms with E-state index in [0.29, 0.717) is 47.1 Å². The average Bonchev–Trinajstić information content (AvgIpc) is 3.31. The first-order valence-corrected chi connectivity index (χ1v) is 12.2. The van der Waals surface area contributed by atoms with E-state index in [2.05, 4.69) is 50.2 Å². The van der Waals surface area contributed by atoms with Gasteiger partial charge in [-0.1, -0.05) is 58.4 Å². The third-order valence-electron chi connectivity index (χ3n) is 5.75. The minimum absolute atomic E-state index is 0.305. The summed E-state index contributed by atoms with van der Waals surface area (Å²) in [5.41, 5.74) is 3.21. The number of aromatic amines is 1. The average molecular weight is 542 g/mol. The Morgan fingerprint density at radius 2 is 1.86 bits per heavy atom. The summed E-state index contributed by atoms with van der Waals surface area (Å²) in [6.45, 7) is 2.73. The van der Waals surface area contributed by atoms with Crippen molar-refractivity contribution < 1.29 is 13.9 Å². The highest BCUT2D eigenvalue weighted by atomic mass is 79.9. The lowest BCUT2D eigenvalue weighted by molar-refractivity contribution is 0.270. The molecule has 7 heteroatoms. The minimum Gasteiger partial charge on any atom is -0.490 e. The van der Waals surface area contributed by atoms with Crippen molar-refractivity contribution in [1.82, 2.24) is 9.97 Å². The fraction of sp³-hybridized carbons (Fsp3) is 0.103. The standard InChI is InChI=1S/C29H21BrFN3O2/c1-2-35-27-13-20(12-21(16-32)29-33-25-11-10-22(31)14-26(25)34-29)24(30)15-28(27)36-17-19-8-5-7-18-6-3-4-9-23(18)19/h3-15H,2,17H2,1H3,(H,33,34)/b21-12-. The quantitative estimate of drug-likeness (QED) is 0.215. The van der Waals surface area contributed by atoms with Gasteiger partial charge in [0.25, 0.3) is 0 Å². The first-order valence-electron chi connectivity index (χ1n) is 11.4. The number of fused-ring (bicyclic) bond motifs is 2. The zero-order valence-corrected chi connectivity index (χ0v) is 21.0. The minimum atomic E-state index is -0.372. The number of hydrogen-bond acceptors (Lipinski definition) is 4. The Kier molecular flexibility index (Phi) is 6.70. The number of benzene rings is 4. The van der Waals surface area contributed by atoms with Crippen LogP contribution in [0.1, 0.15) is 23.9 Å². The Balaban J connectivity index is 1.47. The zero-order valence-electron chi connectivity index (χ0n) is 19.4. The molecule has 0 spiro atoms. The van der Waals surface area contributed by atoms with Crippen molar-refractivity contribution in [2.45, 2.75) is 13.5 Å². The van der Waals surface area contributed by atoms with Crippen LogP contribution in [0.5, 0.6) is 11.5 Å². The number of aromatic nitrogens is 2. The summed E-state index contributed by atoms with van der Waals surface area (Å²) >= 11 is 3.60. The number of imidazole rings is 1. The molecule has 5 aromatic rings. The predicted octanol–water partition coefficient (Wildman–Crippen LogP) is 7.66. The van der Waals surface area contributed by atoms with Crippen LogP contribution in [-0.4, -0.2) is 16.6 Å². The Labute approximate surface area is 215 Å². The summed E-state index contributed by atoms with van der Waals surface area (Å²) < 4.78 is 26.4. The maximum Gasteiger partial charge on any atom is 0.162 e. The summed E-state index contributed by atoms with van der Waals surface area (Å²) in [5.74, 6) is 1.14. The second-order valence-electron chi connectivity index (χ2n) is 8.10. The van der Waals surface area contributed by atoms with Crippen molar-refractivity contribution in [1.29, 1.82) is 5.26 Å². The van der Waals surface area contributed by atoms with Gasteiger partial charge in [-0.15, -0.1) is 0 Å². The summed E-state index contributed by atoms with van der Waals surface area (Å²) in [5, 5.41) is 12.1. The number of halogens is 2. The maximum atomic E-state index is 13.6. The SMILES string of the molecule is CCOc1cc(/C=C(/C#N)c2nc3ccc(F)cc3[nH]2)c(Br)cc1OCc1cccc2ccccc12. The maximum absolute atomic E-state index is 13.6. The van der Waals surface area contributed by atoms with Crippen LogP contribution in [0, 0.1) is 17.1 Å². The topological polar surface area (TPSA) is 70.9 Å². The lowest BCUT2D eigenvalue weighted by atomic mass is 10.1. The van der Waals surface area contributed by atoms with Crippen LogP contribution in [0.15, 0.2) is 77.3 Å². The number of nitriles is 1. The van der Waals surface area contributed by atoms with E-state index in [1.165, 1.54) is 12.1 Å². The van der Waals surface area contributed by atoms with E-state index in [1.54, 1.807) is 12.1 Å². The summed E-state index contributed by atoms with van der Waals surface area (Å²) in [6, 6.07) is 24.4. The monoisotopic (exact) mass is 541 g/mol. The molecule has 0 saturated carbocycles. The molecule has 0 saturated heterocycles.